The molecule has 0 fully saturated rings. The molecule has 0 aliphatic heterocycles. The number of phenols is 1. The number of nitrogens with two attached hydrogens (primary N) is 2. The lowest BCUT2D eigenvalue weighted by Gasteiger charge is -2.12. The fourth-order valence-electron chi connectivity index (χ4n) is 2.06. The number of aromatic nitrogens is 2. The molecule has 2 rings (SSSR count). The van der Waals surface area contributed by atoms with Gasteiger partial charge in [-0.2, -0.15) is 0 Å². The van der Waals surface area contributed by atoms with Gasteiger partial charge in [0.1, 0.15) is 23.8 Å². The van der Waals surface area contributed by atoms with E-state index < -0.39 is 10.0 Å². The summed E-state index contributed by atoms with van der Waals surface area (Å²) >= 11 is 0. The van der Waals surface area contributed by atoms with Crippen molar-refractivity contribution in [2.24, 2.45) is 7.05 Å². The van der Waals surface area contributed by atoms with Crippen molar-refractivity contribution in [1.82, 2.24) is 4.57 Å². The first-order chi connectivity index (χ1) is 10.3. The van der Waals surface area contributed by atoms with Crippen LogP contribution in [0.2, 0.25) is 0 Å². The van der Waals surface area contributed by atoms with Gasteiger partial charge < -0.3 is 16.6 Å². The molecule has 1 aromatic heterocycles. The van der Waals surface area contributed by atoms with Crippen LogP contribution in [0.1, 0.15) is 6.42 Å². The maximum atomic E-state index is 12.1. The molecular weight excluding hydrogens is 306 g/mol. The number of nitrogen functional groups attached to an aromatic ring is 2. The van der Waals surface area contributed by atoms with Crippen LogP contribution in [-0.4, -0.2) is 23.8 Å². The van der Waals surface area contributed by atoms with Crippen LogP contribution in [0.15, 0.2) is 30.9 Å². The quantitative estimate of drug-likeness (QED) is 0.338. The number of aromatic hydroxyl groups is 1. The molecule has 6 N–H and O–H groups in total. The summed E-state index contributed by atoms with van der Waals surface area (Å²) in [6, 6.07) is 2.63. The minimum absolute atomic E-state index is 0.0402. The van der Waals surface area contributed by atoms with E-state index in [1.54, 1.807) is 0 Å². The number of anilines is 3. The summed E-state index contributed by atoms with van der Waals surface area (Å²) in [5.74, 6) is -0.378. The van der Waals surface area contributed by atoms with Gasteiger partial charge in [0.25, 0.3) is 0 Å². The van der Waals surface area contributed by atoms with Gasteiger partial charge in [-0.05, 0) is 6.07 Å². The monoisotopic (exact) mass is 326 g/mol. The van der Waals surface area contributed by atoms with E-state index in [1.807, 2.05) is 34.9 Å². The highest BCUT2D eigenvalue weighted by Gasteiger charge is 2.16. The van der Waals surface area contributed by atoms with Crippen molar-refractivity contribution in [3.63, 3.8) is 0 Å². The van der Waals surface area contributed by atoms with Gasteiger partial charge in [0.05, 0.1) is 25.0 Å². The number of imidazole rings is 1. The van der Waals surface area contributed by atoms with Crippen LogP contribution in [-0.2, 0) is 23.6 Å². The summed E-state index contributed by atoms with van der Waals surface area (Å²) in [7, 11) is -1.72. The van der Waals surface area contributed by atoms with Gasteiger partial charge in [0, 0.05) is 18.2 Å². The molecule has 0 saturated heterocycles. The molecule has 2 aromatic rings. The second-order valence-corrected chi connectivity index (χ2v) is 6.94. The predicted octanol–water partition coefficient (Wildman–Crippen LogP) is 0.0146. The normalized spacial score (nSPS) is 11.5. The molecule has 0 spiro atoms. The van der Waals surface area contributed by atoms with Crippen LogP contribution in [0.3, 0.4) is 0 Å². The number of hydrogen-bond donors (Lipinski definition) is 4. The number of rotatable bonds is 6. The van der Waals surface area contributed by atoms with Gasteiger partial charge in [-0.15, -0.1) is 0 Å². The molecule has 1 aromatic carbocycles. The van der Waals surface area contributed by atoms with Crippen molar-refractivity contribution in [2.75, 3.05) is 21.9 Å². The van der Waals surface area contributed by atoms with Crippen molar-refractivity contribution in [2.45, 2.75) is 13.0 Å². The number of sulfonamides is 1. The molecule has 9 heteroatoms. The zero-order valence-corrected chi connectivity index (χ0v) is 13.0. The summed E-state index contributed by atoms with van der Waals surface area (Å²) in [5, 5.41) is 9.75. The minimum atomic E-state index is -3.61. The van der Waals surface area contributed by atoms with E-state index in [-0.39, 0.29) is 28.6 Å². The molecule has 0 amide bonds. The third-order valence-corrected chi connectivity index (χ3v) is 4.42. The zero-order chi connectivity index (χ0) is 16.3. The minimum Gasteiger partial charge on any atom is -0.506 e. The maximum absolute atomic E-state index is 12.1. The van der Waals surface area contributed by atoms with Gasteiger partial charge in [0.15, 0.2) is 0 Å². The van der Waals surface area contributed by atoms with Crippen molar-refractivity contribution < 1.29 is 18.1 Å². The molecule has 120 valence electrons. The number of hydrogen-bond acceptors (Lipinski definition) is 5. The molecule has 0 bridgehead atoms. The number of benzene rings is 1. The van der Waals surface area contributed by atoms with Crippen LogP contribution in [0.4, 0.5) is 17.1 Å². The highest BCUT2D eigenvalue weighted by atomic mass is 32.2. The topological polar surface area (TPSA) is 127 Å². The molecule has 0 aliphatic carbocycles. The Bertz CT molecular complexity index is 747. The van der Waals surface area contributed by atoms with Gasteiger partial charge in [-0.1, -0.05) is 0 Å². The van der Waals surface area contributed by atoms with Crippen molar-refractivity contribution in [1.29, 1.82) is 0 Å². The molecule has 22 heavy (non-hydrogen) atoms. The highest BCUT2D eigenvalue weighted by molar-refractivity contribution is 7.92. The van der Waals surface area contributed by atoms with Crippen molar-refractivity contribution in [3.05, 3.63) is 30.9 Å². The second kappa shape index (κ2) is 6.14. The number of aryl methyl sites for hydroxylation is 2. The summed E-state index contributed by atoms with van der Waals surface area (Å²) in [4.78, 5) is 0. The average molecular weight is 326 g/mol. The standard InChI is InChI=1S/C13H19N5O3S/c1-17-4-5-18(9-17)3-2-6-22(20,21)16-13-11(15)7-10(14)8-12(13)19/h4-5,7-9,16H,2-3,6,14-15H2,1H3/p+1. The Morgan fingerprint density at radius 2 is 2.09 bits per heavy atom. The van der Waals surface area contributed by atoms with Crippen molar-refractivity contribution in [3.8, 4) is 5.75 Å². The number of nitrogens with zero attached hydrogens (tertiary/aromatic N) is 2. The molecule has 0 radical (unpaired) electrons. The Kier molecular flexibility index (Phi) is 4.45. The first-order valence-electron chi connectivity index (χ1n) is 6.66. The summed E-state index contributed by atoms with van der Waals surface area (Å²) in [6.45, 7) is 0.574. The molecule has 0 saturated carbocycles. The molecule has 1 heterocycles. The molecule has 0 unspecified atom stereocenters. The maximum Gasteiger partial charge on any atom is 0.243 e. The molecular formula is C13H20N5O3S+. The van der Waals surface area contributed by atoms with E-state index in [0.717, 1.165) is 0 Å². The number of nitrogens with one attached hydrogen (secondary N) is 1. The fourth-order valence-corrected chi connectivity index (χ4v) is 3.20. The Labute approximate surface area is 129 Å². The third kappa shape index (κ3) is 4.04. The number of phenolic OH excluding ortho intramolecular Hbond substituents is 1. The van der Waals surface area contributed by atoms with Crippen LogP contribution in [0, 0.1) is 0 Å². The molecule has 0 atom stereocenters. The lowest BCUT2D eigenvalue weighted by molar-refractivity contribution is -0.671. The van der Waals surface area contributed by atoms with Gasteiger partial charge in [-0.3, -0.25) is 4.72 Å². The lowest BCUT2D eigenvalue weighted by atomic mass is 10.2. The van der Waals surface area contributed by atoms with Gasteiger partial charge in [-0.25, -0.2) is 17.6 Å². The van der Waals surface area contributed by atoms with E-state index >= 15 is 0 Å². The SMILES string of the molecule is C[n+]1ccn(CCCS(=O)(=O)Nc2c(N)cc(N)cc2O)c1. The Balaban J connectivity index is 1.99. The smallest absolute Gasteiger partial charge is 0.243 e. The van der Waals surface area contributed by atoms with E-state index in [9.17, 15) is 13.5 Å². The second-order valence-electron chi connectivity index (χ2n) is 5.10. The van der Waals surface area contributed by atoms with Gasteiger partial charge in [0.2, 0.25) is 16.4 Å². The predicted molar refractivity (Wildman–Crippen MR) is 84.6 cm³/mol. The van der Waals surface area contributed by atoms with Crippen LogP contribution < -0.4 is 20.8 Å². The first-order valence-corrected chi connectivity index (χ1v) is 8.31. The van der Waals surface area contributed by atoms with Crippen LogP contribution in [0.25, 0.3) is 0 Å². The lowest BCUT2D eigenvalue weighted by Crippen LogP contribution is -2.24. The molecule has 8 nitrogen and oxygen atoms in total. The van der Waals surface area contributed by atoms with E-state index in [0.29, 0.717) is 13.0 Å². The fraction of sp³-hybridized carbons (Fsp3) is 0.308. The summed E-state index contributed by atoms with van der Waals surface area (Å²) in [5.41, 5.74) is 11.5. The summed E-state index contributed by atoms with van der Waals surface area (Å²) in [6.07, 6.45) is 6.03. The van der Waals surface area contributed by atoms with Crippen LogP contribution >= 0.6 is 0 Å². The molecule has 0 aliphatic rings. The van der Waals surface area contributed by atoms with Gasteiger partial charge >= 0.3 is 0 Å². The zero-order valence-electron chi connectivity index (χ0n) is 12.2. The van der Waals surface area contributed by atoms with Crippen LogP contribution in [0.5, 0.6) is 5.75 Å². The average Bonchev–Trinajstić information content (AvgIpc) is 2.79. The highest BCUT2D eigenvalue weighted by Crippen LogP contribution is 2.33. The Morgan fingerprint density at radius 1 is 1.36 bits per heavy atom. The van der Waals surface area contributed by atoms with E-state index in [1.165, 1.54) is 12.1 Å². The third-order valence-electron chi connectivity index (χ3n) is 3.08. The summed E-state index contributed by atoms with van der Waals surface area (Å²) < 4.78 is 30.2. The Morgan fingerprint density at radius 3 is 2.68 bits per heavy atom. The Hall–Kier alpha value is -2.42. The van der Waals surface area contributed by atoms with E-state index in [2.05, 4.69) is 4.72 Å². The van der Waals surface area contributed by atoms with Crippen molar-refractivity contribution >= 4 is 27.1 Å². The van der Waals surface area contributed by atoms with E-state index in [4.69, 9.17) is 11.5 Å². The largest absolute Gasteiger partial charge is 0.506 e. The first kappa shape index (κ1) is 16.0.